The Balaban J connectivity index is 1.67. The third-order valence-electron chi connectivity index (χ3n) is 3.93. The van der Waals surface area contributed by atoms with Gasteiger partial charge in [-0.05, 0) is 41.3 Å². The van der Waals surface area contributed by atoms with E-state index in [1.807, 2.05) is 18.2 Å². The first-order chi connectivity index (χ1) is 13.1. The number of rotatable bonds is 8. The molecule has 2 aromatic carbocycles. The summed E-state index contributed by atoms with van der Waals surface area (Å²) in [4.78, 5) is 1.30. The van der Waals surface area contributed by atoms with Gasteiger partial charge in [0.25, 0.3) is 0 Å². The molecule has 3 aromatic rings. The number of benzene rings is 2. The first kappa shape index (κ1) is 20.5. The molecule has 0 unspecified atom stereocenters. The van der Waals surface area contributed by atoms with E-state index in [1.165, 1.54) is 4.88 Å². The average Bonchev–Trinajstić information content (AvgIpc) is 3.16. The quantitative estimate of drug-likeness (QED) is 0.384. The lowest BCUT2D eigenvalue weighted by Gasteiger charge is -2.15. The molecule has 0 radical (unpaired) electrons. The summed E-state index contributed by atoms with van der Waals surface area (Å²) in [5, 5.41) is 6.70. The molecule has 0 aliphatic carbocycles. The highest BCUT2D eigenvalue weighted by atomic mass is 79.9. The van der Waals surface area contributed by atoms with Crippen LogP contribution in [-0.4, -0.2) is 7.11 Å². The van der Waals surface area contributed by atoms with Crippen LogP contribution in [0.25, 0.3) is 0 Å². The average molecular weight is 487 g/mol. The zero-order valence-corrected chi connectivity index (χ0v) is 18.5. The molecule has 0 bridgehead atoms. The molecule has 0 aliphatic rings. The lowest BCUT2D eigenvalue weighted by atomic mass is 10.2. The third kappa shape index (κ3) is 5.62. The van der Waals surface area contributed by atoms with Crippen molar-refractivity contribution >= 4 is 50.5 Å². The minimum absolute atomic E-state index is 0.328. The second kappa shape index (κ2) is 9.80. The summed E-state index contributed by atoms with van der Waals surface area (Å²) < 4.78 is 12.4. The minimum atomic E-state index is 0.328. The van der Waals surface area contributed by atoms with Gasteiger partial charge in [-0.2, -0.15) is 0 Å². The highest BCUT2D eigenvalue weighted by Crippen LogP contribution is 2.34. The van der Waals surface area contributed by atoms with Gasteiger partial charge < -0.3 is 14.8 Å². The maximum Gasteiger partial charge on any atom is 0.162 e. The van der Waals surface area contributed by atoms with Gasteiger partial charge in [0.05, 0.1) is 7.11 Å². The fourth-order valence-electron chi connectivity index (χ4n) is 2.51. The van der Waals surface area contributed by atoms with Crippen LogP contribution < -0.4 is 14.8 Å². The second-order valence-electron chi connectivity index (χ2n) is 5.80. The van der Waals surface area contributed by atoms with E-state index in [9.17, 15) is 0 Å². The second-order valence-corrected chi connectivity index (χ2v) is 8.53. The molecule has 0 atom stereocenters. The molecule has 1 heterocycles. The first-order valence-electron chi connectivity index (χ1n) is 8.23. The number of hydrogen-bond donors (Lipinski definition) is 1. The molecular weight excluding hydrogens is 469 g/mol. The summed E-state index contributed by atoms with van der Waals surface area (Å²) in [5.41, 5.74) is 1.96. The van der Waals surface area contributed by atoms with Crippen molar-refractivity contribution in [2.24, 2.45) is 0 Å². The van der Waals surface area contributed by atoms with Crippen LogP contribution in [0.5, 0.6) is 11.5 Å². The van der Waals surface area contributed by atoms with Crippen LogP contribution in [0.3, 0.4) is 0 Å². The van der Waals surface area contributed by atoms with Gasteiger partial charge in [-0.25, -0.2) is 0 Å². The molecule has 0 fully saturated rings. The fraction of sp³-hybridized carbons (Fsp3) is 0.200. The molecule has 0 saturated heterocycles. The van der Waals surface area contributed by atoms with Gasteiger partial charge in [0.15, 0.2) is 11.5 Å². The van der Waals surface area contributed by atoms with Gasteiger partial charge >= 0.3 is 0 Å². The van der Waals surface area contributed by atoms with Crippen molar-refractivity contribution in [2.45, 2.75) is 19.7 Å². The Labute approximate surface area is 181 Å². The summed E-state index contributed by atoms with van der Waals surface area (Å²) in [5.74, 6) is 1.33. The highest BCUT2D eigenvalue weighted by Gasteiger charge is 2.12. The van der Waals surface area contributed by atoms with E-state index in [0.717, 1.165) is 28.7 Å². The van der Waals surface area contributed by atoms with Crippen LogP contribution >= 0.6 is 50.5 Å². The predicted molar refractivity (Wildman–Crippen MR) is 116 cm³/mol. The number of hydrogen-bond acceptors (Lipinski definition) is 4. The zero-order valence-electron chi connectivity index (χ0n) is 14.6. The van der Waals surface area contributed by atoms with Crippen molar-refractivity contribution in [1.29, 1.82) is 0 Å². The maximum atomic E-state index is 6.21. The zero-order chi connectivity index (χ0) is 19.2. The molecule has 0 amide bonds. The van der Waals surface area contributed by atoms with Gasteiger partial charge in [-0.1, -0.05) is 51.3 Å². The van der Waals surface area contributed by atoms with Gasteiger partial charge in [-0.3, -0.25) is 0 Å². The van der Waals surface area contributed by atoms with E-state index < -0.39 is 0 Å². The van der Waals surface area contributed by atoms with E-state index >= 15 is 0 Å². The number of nitrogens with one attached hydrogen (secondary N) is 1. The van der Waals surface area contributed by atoms with Crippen molar-refractivity contribution in [2.75, 3.05) is 7.11 Å². The standard InChI is InChI=1S/C20H18BrCl2NO2S/c1-25-19-7-14(10-24-11-16-3-2-6-27-16)17(21)9-20(19)26-12-13-4-5-15(22)8-18(13)23/h2-9,24H,10-12H2,1H3. The number of thiophene rings is 1. The van der Waals surface area contributed by atoms with E-state index in [0.29, 0.717) is 28.2 Å². The normalized spacial score (nSPS) is 10.8. The molecule has 1 aromatic heterocycles. The van der Waals surface area contributed by atoms with Gasteiger partial charge in [0.2, 0.25) is 0 Å². The highest BCUT2D eigenvalue weighted by molar-refractivity contribution is 9.10. The molecular formula is C20H18BrCl2NO2S. The van der Waals surface area contributed by atoms with Crippen molar-refractivity contribution < 1.29 is 9.47 Å². The molecule has 0 aliphatic heterocycles. The summed E-state index contributed by atoms with van der Waals surface area (Å²) in [6, 6.07) is 13.4. The Morgan fingerprint density at radius 3 is 2.59 bits per heavy atom. The fourth-order valence-corrected chi connectivity index (χ4v) is 4.11. The van der Waals surface area contributed by atoms with Crippen molar-refractivity contribution in [3.05, 3.63) is 78.4 Å². The third-order valence-corrected chi connectivity index (χ3v) is 6.13. The Bertz CT molecular complexity index is 903. The molecule has 142 valence electrons. The van der Waals surface area contributed by atoms with Crippen molar-refractivity contribution in [3.63, 3.8) is 0 Å². The molecule has 27 heavy (non-hydrogen) atoms. The molecule has 7 heteroatoms. The Kier molecular flexibility index (Phi) is 7.44. The van der Waals surface area contributed by atoms with Crippen LogP contribution in [-0.2, 0) is 19.7 Å². The summed E-state index contributed by atoms with van der Waals surface area (Å²) >= 11 is 17.5. The topological polar surface area (TPSA) is 30.5 Å². The SMILES string of the molecule is COc1cc(CNCc2cccs2)c(Br)cc1OCc1ccc(Cl)cc1Cl. The summed E-state index contributed by atoms with van der Waals surface area (Å²) in [6.45, 7) is 1.88. The smallest absolute Gasteiger partial charge is 0.162 e. The monoisotopic (exact) mass is 485 g/mol. The number of ether oxygens (including phenoxy) is 2. The minimum Gasteiger partial charge on any atom is -0.493 e. The van der Waals surface area contributed by atoms with Crippen molar-refractivity contribution in [1.82, 2.24) is 5.32 Å². The maximum absolute atomic E-state index is 6.21. The van der Waals surface area contributed by atoms with E-state index in [4.69, 9.17) is 32.7 Å². The van der Waals surface area contributed by atoms with Gasteiger partial charge in [0, 0.05) is 38.0 Å². The van der Waals surface area contributed by atoms with Crippen LogP contribution in [0, 0.1) is 0 Å². The largest absolute Gasteiger partial charge is 0.493 e. The van der Waals surface area contributed by atoms with E-state index in [-0.39, 0.29) is 0 Å². The molecule has 0 saturated carbocycles. The number of halogens is 3. The van der Waals surface area contributed by atoms with Crippen LogP contribution in [0.1, 0.15) is 16.0 Å². The Hall–Kier alpha value is -1.24. The lowest BCUT2D eigenvalue weighted by Crippen LogP contribution is -2.12. The predicted octanol–water partition coefficient (Wildman–Crippen LogP) is 6.69. The molecule has 1 N–H and O–H groups in total. The first-order valence-corrected chi connectivity index (χ1v) is 10.7. The molecule has 3 nitrogen and oxygen atoms in total. The van der Waals surface area contributed by atoms with Crippen LogP contribution in [0.4, 0.5) is 0 Å². The molecule has 0 spiro atoms. The van der Waals surface area contributed by atoms with Crippen LogP contribution in [0.2, 0.25) is 10.0 Å². The Morgan fingerprint density at radius 1 is 1.04 bits per heavy atom. The van der Waals surface area contributed by atoms with Gasteiger partial charge in [0.1, 0.15) is 6.61 Å². The van der Waals surface area contributed by atoms with E-state index in [2.05, 4.69) is 38.8 Å². The lowest BCUT2D eigenvalue weighted by molar-refractivity contribution is 0.284. The van der Waals surface area contributed by atoms with E-state index in [1.54, 1.807) is 30.6 Å². The summed E-state index contributed by atoms with van der Waals surface area (Å²) in [6.07, 6.45) is 0. The van der Waals surface area contributed by atoms with Gasteiger partial charge in [-0.15, -0.1) is 11.3 Å². The van der Waals surface area contributed by atoms with Crippen molar-refractivity contribution in [3.8, 4) is 11.5 Å². The summed E-state index contributed by atoms with van der Waals surface area (Å²) in [7, 11) is 1.63. The number of methoxy groups -OCH3 is 1. The molecule has 3 rings (SSSR count). The van der Waals surface area contributed by atoms with Crippen LogP contribution in [0.15, 0.2) is 52.3 Å². The Morgan fingerprint density at radius 2 is 1.89 bits per heavy atom.